The van der Waals surface area contributed by atoms with E-state index in [1.807, 2.05) is 12.2 Å². The van der Waals surface area contributed by atoms with Gasteiger partial charge in [-0.05, 0) is 122 Å². The van der Waals surface area contributed by atoms with Crippen molar-refractivity contribution in [3.8, 4) is 0 Å². The Labute approximate surface area is 528 Å². The molecule has 1 saturated heterocycles. The maximum atomic E-state index is 13.2. The maximum absolute atomic E-state index is 13.2. The highest BCUT2D eigenvalue weighted by Crippen LogP contribution is 2.26. The summed E-state index contributed by atoms with van der Waals surface area (Å²) in [5.74, 6) is -3.26. The lowest BCUT2D eigenvalue weighted by Crippen LogP contribution is -2.61. The molecule has 0 aromatic heterocycles. The van der Waals surface area contributed by atoms with Crippen LogP contribution >= 0.6 is 0 Å². The van der Waals surface area contributed by atoms with Crippen molar-refractivity contribution in [1.29, 1.82) is 0 Å². The smallest absolute Gasteiger partial charge is 0.335 e. The van der Waals surface area contributed by atoms with Gasteiger partial charge in [-0.25, -0.2) is 4.79 Å². The first kappa shape index (κ1) is 79.9. The van der Waals surface area contributed by atoms with Crippen molar-refractivity contribution in [2.75, 3.05) is 13.2 Å². The van der Waals surface area contributed by atoms with Gasteiger partial charge in [0.2, 0.25) is 0 Å². The number of hydrogen-bond acceptors (Lipinski definition) is 11. The Balaban J connectivity index is 2.71. The number of carbonyl (C=O) groups excluding carboxylic acids is 3. The van der Waals surface area contributed by atoms with Crippen molar-refractivity contribution in [2.24, 2.45) is 0 Å². The van der Waals surface area contributed by atoms with Crippen molar-refractivity contribution in [3.05, 3.63) is 134 Å². The normalized spacial score (nSPS) is 18.2. The third-order valence-electron chi connectivity index (χ3n) is 14.7. The second kappa shape index (κ2) is 61.1. The molecule has 1 heterocycles. The minimum atomic E-state index is -1.93. The van der Waals surface area contributed by atoms with Crippen LogP contribution in [-0.4, -0.2) is 89.2 Å². The molecule has 6 unspecified atom stereocenters. The number of aliphatic hydroxyl groups excluding tert-OH is 2. The molecule has 1 aliphatic heterocycles. The molecule has 0 radical (unpaired) electrons. The highest BCUT2D eigenvalue weighted by molar-refractivity contribution is 5.74. The molecule has 12 heteroatoms. The van der Waals surface area contributed by atoms with E-state index in [4.69, 9.17) is 23.7 Å². The number of carboxylic acids is 1. The van der Waals surface area contributed by atoms with E-state index in [1.165, 1.54) is 70.6 Å². The molecule has 0 saturated carbocycles. The topological polar surface area (TPSA) is 175 Å². The molecule has 1 aliphatic rings. The van der Waals surface area contributed by atoms with Gasteiger partial charge in [0.05, 0.1) is 6.61 Å². The molecule has 0 bridgehead atoms. The van der Waals surface area contributed by atoms with Crippen molar-refractivity contribution < 1.29 is 58.2 Å². The van der Waals surface area contributed by atoms with E-state index >= 15 is 0 Å². The van der Waals surface area contributed by atoms with Gasteiger partial charge >= 0.3 is 23.9 Å². The zero-order chi connectivity index (χ0) is 63.1. The quantitative estimate of drug-likeness (QED) is 0.0228. The first-order chi connectivity index (χ1) is 42.6. The molecule has 6 atom stereocenters. The van der Waals surface area contributed by atoms with Crippen LogP contribution in [0.25, 0.3) is 0 Å². The number of ether oxygens (including phenoxy) is 5. The van der Waals surface area contributed by atoms with Gasteiger partial charge in [0.15, 0.2) is 24.6 Å². The number of carbonyl (C=O) groups is 4. The fourth-order valence-corrected chi connectivity index (χ4v) is 9.56. The lowest BCUT2D eigenvalue weighted by atomic mass is 9.98. The average molecular weight is 1210 g/mol. The zero-order valence-electron chi connectivity index (χ0n) is 54.5. The Morgan fingerprint density at radius 2 is 0.747 bits per heavy atom. The summed E-state index contributed by atoms with van der Waals surface area (Å²) in [6.07, 6.45) is 74.1. The number of rotatable bonds is 57. The van der Waals surface area contributed by atoms with Crippen LogP contribution in [0.5, 0.6) is 0 Å². The Morgan fingerprint density at radius 1 is 0.391 bits per heavy atom. The fourth-order valence-electron chi connectivity index (χ4n) is 9.56. The Morgan fingerprint density at radius 3 is 1.16 bits per heavy atom. The van der Waals surface area contributed by atoms with Crippen LogP contribution in [0, 0.1) is 0 Å². The van der Waals surface area contributed by atoms with Crippen LogP contribution in [-0.2, 0) is 42.9 Å². The Kier molecular flexibility index (Phi) is 56.1. The number of aliphatic hydroxyl groups is 2. The number of aliphatic carboxylic acids is 1. The SMILES string of the molecule is CC/C=C\C/C=C\C/C=C\C/C=C\C/C=C\C/C=C\CCC(=O)OCC(COC1OC(C(=O)O)C(O)C(O)C1OC(=O)CCCCCCCC/C=C\C/C=C\C/C=C\C/C=C\CC)OC(=O)CCCCCCCCCCC/C=C\CCCCCCCC. The summed E-state index contributed by atoms with van der Waals surface area (Å²) in [4.78, 5) is 51.4. The molecule has 12 nitrogen and oxygen atoms in total. The van der Waals surface area contributed by atoms with Crippen molar-refractivity contribution in [1.82, 2.24) is 0 Å². The summed E-state index contributed by atoms with van der Waals surface area (Å²) in [5.41, 5.74) is 0. The minimum Gasteiger partial charge on any atom is -0.479 e. The van der Waals surface area contributed by atoms with Gasteiger partial charge in [0.1, 0.15) is 18.8 Å². The van der Waals surface area contributed by atoms with E-state index < -0.39 is 67.3 Å². The highest BCUT2D eigenvalue weighted by Gasteiger charge is 2.50. The predicted octanol–water partition coefficient (Wildman–Crippen LogP) is 18.9. The molecule has 1 fully saturated rings. The summed E-state index contributed by atoms with van der Waals surface area (Å²) in [6.45, 7) is 5.72. The molecule has 492 valence electrons. The van der Waals surface area contributed by atoms with Crippen LogP contribution in [0.4, 0.5) is 0 Å². The van der Waals surface area contributed by atoms with Crippen LogP contribution in [0.1, 0.15) is 265 Å². The standard InChI is InChI=1S/C75H120O12/c1-4-7-10-13-16-19-22-25-28-31-34-37-40-43-46-49-52-55-58-61-67(76)83-64-66(85-68(77)62-59-56-53-50-47-44-41-38-35-32-29-26-23-20-17-14-11-8-5-2)65-84-75-73(71(80)70(79)72(87-75)74(81)82)86-69(78)63-60-57-54-51-48-45-42-39-36-33-30-27-24-21-18-15-12-9-6-3/h7,9-10,12,16,18-19,21,25-30,34,36-37,39,43,46,52,55,66,70-73,75,79-80H,4-6,8,11,13-15,17,20,22-24,31-33,35,38,40-42,44-45,47-51,53-54,56-65H2,1-3H3,(H,81,82)/b10-7-,12-9-,19-16-,21-18-,28-25-,29-26-,30-27-,37-34-,39-36-,46-43-,55-52-. The molecule has 0 aromatic rings. The van der Waals surface area contributed by atoms with Crippen molar-refractivity contribution in [2.45, 2.75) is 302 Å². The van der Waals surface area contributed by atoms with E-state index in [1.54, 1.807) is 0 Å². The maximum Gasteiger partial charge on any atom is 0.335 e. The number of allylic oxidation sites excluding steroid dienone is 22. The average Bonchev–Trinajstić information content (AvgIpc) is 2.56. The Bertz CT molecular complexity index is 2020. The molecule has 87 heavy (non-hydrogen) atoms. The number of esters is 3. The Hall–Kier alpha value is -5.14. The monoisotopic (exact) mass is 1210 g/mol. The van der Waals surface area contributed by atoms with Gasteiger partial charge in [0.25, 0.3) is 0 Å². The molecule has 0 aliphatic carbocycles. The van der Waals surface area contributed by atoms with Gasteiger partial charge in [-0.15, -0.1) is 0 Å². The van der Waals surface area contributed by atoms with Crippen LogP contribution in [0.3, 0.4) is 0 Å². The molecular weight excluding hydrogens is 1090 g/mol. The third kappa shape index (κ3) is 50.4. The molecule has 3 N–H and O–H groups in total. The van der Waals surface area contributed by atoms with E-state index in [-0.39, 0.29) is 25.9 Å². The summed E-state index contributed by atoms with van der Waals surface area (Å²) in [7, 11) is 0. The number of carboxylic acid groups (broad SMARTS) is 1. The van der Waals surface area contributed by atoms with Crippen molar-refractivity contribution in [3.63, 3.8) is 0 Å². The van der Waals surface area contributed by atoms with Crippen LogP contribution in [0.2, 0.25) is 0 Å². The first-order valence-corrected chi connectivity index (χ1v) is 34.2. The molecule has 0 aromatic carbocycles. The fraction of sp³-hybridized carbons (Fsp3) is 0.653. The zero-order valence-corrected chi connectivity index (χ0v) is 54.5. The van der Waals surface area contributed by atoms with Gasteiger partial charge in [-0.2, -0.15) is 0 Å². The molecule has 0 spiro atoms. The summed E-state index contributed by atoms with van der Waals surface area (Å²) >= 11 is 0. The molecular formula is C75H120O12. The van der Waals surface area contributed by atoms with Gasteiger partial charge in [-0.3, -0.25) is 14.4 Å². The molecule has 0 amide bonds. The largest absolute Gasteiger partial charge is 0.479 e. The van der Waals surface area contributed by atoms with Crippen LogP contribution in [0.15, 0.2) is 134 Å². The van der Waals surface area contributed by atoms with Crippen molar-refractivity contribution >= 4 is 23.9 Å². The second-order valence-corrected chi connectivity index (χ2v) is 22.7. The lowest BCUT2D eigenvalue weighted by Gasteiger charge is -2.40. The van der Waals surface area contributed by atoms with Gasteiger partial charge in [-0.1, -0.05) is 257 Å². The van der Waals surface area contributed by atoms with Gasteiger partial charge < -0.3 is 39.0 Å². The van der Waals surface area contributed by atoms with E-state index in [2.05, 4.69) is 142 Å². The number of hydrogen-bond donors (Lipinski definition) is 3. The highest BCUT2D eigenvalue weighted by atomic mass is 16.7. The lowest BCUT2D eigenvalue weighted by molar-refractivity contribution is -0.301. The minimum absolute atomic E-state index is 0.0303. The molecule has 1 rings (SSSR count). The summed E-state index contributed by atoms with van der Waals surface area (Å²) < 4.78 is 28.5. The summed E-state index contributed by atoms with van der Waals surface area (Å²) in [6, 6.07) is 0. The van der Waals surface area contributed by atoms with E-state index in [9.17, 15) is 34.5 Å². The third-order valence-corrected chi connectivity index (χ3v) is 14.7. The van der Waals surface area contributed by atoms with Gasteiger partial charge in [0, 0.05) is 19.3 Å². The van der Waals surface area contributed by atoms with Crippen LogP contribution < -0.4 is 0 Å². The predicted molar refractivity (Wildman–Crippen MR) is 358 cm³/mol. The second-order valence-electron chi connectivity index (χ2n) is 22.7. The number of unbranched alkanes of at least 4 members (excludes halogenated alkanes) is 21. The summed E-state index contributed by atoms with van der Waals surface area (Å²) in [5, 5.41) is 31.7. The van der Waals surface area contributed by atoms with E-state index in [0.717, 1.165) is 135 Å². The van der Waals surface area contributed by atoms with E-state index in [0.29, 0.717) is 19.3 Å². The first-order valence-electron chi connectivity index (χ1n) is 34.2.